The van der Waals surface area contributed by atoms with Crippen LogP contribution < -0.4 is 0 Å². The number of halogens is 1. The predicted octanol–water partition coefficient (Wildman–Crippen LogP) is 2.63. The number of rotatable bonds is 6. The van der Waals surface area contributed by atoms with Crippen LogP contribution in [0.4, 0.5) is 0 Å². The third-order valence-corrected chi connectivity index (χ3v) is 5.52. The molecule has 0 saturated heterocycles. The topological polar surface area (TPSA) is 54.4 Å². The minimum atomic E-state index is -3.06. The normalized spacial score (nSPS) is 13.8. The van der Waals surface area contributed by atoms with E-state index in [-0.39, 0.29) is 23.5 Å². The quantitative estimate of drug-likeness (QED) is 0.876. The van der Waals surface area contributed by atoms with Crippen LogP contribution in [0.25, 0.3) is 0 Å². The Morgan fingerprint density at radius 3 is 2.22 bits per heavy atom. The summed E-state index contributed by atoms with van der Waals surface area (Å²) < 4.78 is 23.5. The zero-order chi connectivity index (χ0) is 13.8. The molecule has 3 nitrogen and oxygen atoms in total. The maximum absolute atomic E-state index is 11.7. The molecule has 0 amide bonds. The van der Waals surface area contributed by atoms with Gasteiger partial charge >= 0.3 is 0 Å². The van der Waals surface area contributed by atoms with Crippen LogP contribution in [0.1, 0.15) is 31.7 Å². The zero-order valence-corrected chi connectivity index (χ0v) is 12.2. The van der Waals surface area contributed by atoms with Crippen molar-refractivity contribution in [2.75, 3.05) is 12.4 Å². The van der Waals surface area contributed by atoms with Crippen molar-refractivity contribution < 1.29 is 13.5 Å². The summed E-state index contributed by atoms with van der Waals surface area (Å²) in [4.78, 5) is 0. The molecule has 0 aromatic heterocycles. The zero-order valence-electron chi connectivity index (χ0n) is 10.6. The lowest BCUT2D eigenvalue weighted by molar-refractivity contribution is 0.262. The van der Waals surface area contributed by atoms with E-state index >= 15 is 0 Å². The molecule has 0 fully saturated rings. The Morgan fingerprint density at radius 1 is 1.22 bits per heavy atom. The van der Waals surface area contributed by atoms with Crippen LogP contribution in [0.3, 0.4) is 0 Å². The summed E-state index contributed by atoms with van der Waals surface area (Å²) in [6.07, 6.45) is 0.429. The van der Waals surface area contributed by atoms with E-state index < -0.39 is 9.84 Å². The van der Waals surface area contributed by atoms with Crippen molar-refractivity contribution in [2.24, 2.45) is 0 Å². The average Bonchev–Trinajstić information content (AvgIpc) is 2.31. The summed E-state index contributed by atoms with van der Waals surface area (Å²) in [5, 5.41) is 9.61. The highest BCUT2D eigenvalue weighted by atomic mass is 35.5. The van der Waals surface area contributed by atoms with Crippen LogP contribution in [-0.2, 0) is 9.84 Å². The van der Waals surface area contributed by atoms with Crippen molar-refractivity contribution >= 4 is 21.4 Å². The lowest BCUT2D eigenvalue weighted by atomic mass is 9.98. The molecule has 0 aliphatic rings. The molecule has 102 valence electrons. The van der Waals surface area contributed by atoms with Gasteiger partial charge in [0.1, 0.15) is 0 Å². The Kier molecular flexibility index (Phi) is 5.63. The van der Waals surface area contributed by atoms with Gasteiger partial charge in [-0.3, -0.25) is 0 Å². The summed E-state index contributed by atoms with van der Waals surface area (Å²) >= 11 is 5.79. The average molecular weight is 291 g/mol. The molecule has 0 radical (unpaired) electrons. The molecule has 1 aromatic carbocycles. The van der Waals surface area contributed by atoms with Gasteiger partial charge in [0, 0.05) is 17.5 Å². The fourth-order valence-corrected chi connectivity index (χ4v) is 2.85. The van der Waals surface area contributed by atoms with Gasteiger partial charge in [-0.15, -0.1) is 0 Å². The molecule has 1 aromatic rings. The summed E-state index contributed by atoms with van der Waals surface area (Å²) in [7, 11) is -3.06. The van der Waals surface area contributed by atoms with E-state index in [0.717, 1.165) is 5.56 Å². The van der Waals surface area contributed by atoms with Crippen LogP contribution in [-0.4, -0.2) is 31.1 Å². The van der Waals surface area contributed by atoms with Gasteiger partial charge in [-0.1, -0.05) is 23.7 Å². The molecule has 18 heavy (non-hydrogen) atoms. The van der Waals surface area contributed by atoms with Crippen LogP contribution in [0, 0.1) is 0 Å². The van der Waals surface area contributed by atoms with Crippen molar-refractivity contribution in [1.82, 2.24) is 0 Å². The van der Waals surface area contributed by atoms with Crippen molar-refractivity contribution in [2.45, 2.75) is 31.4 Å². The molecule has 0 aliphatic carbocycles. The highest BCUT2D eigenvalue weighted by Gasteiger charge is 2.19. The molecule has 1 N–H and O–H groups in total. The van der Waals surface area contributed by atoms with Gasteiger partial charge < -0.3 is 5.11 Å². The van der Waals surface area contributed by atoms with Crippen molar-refractivity contribution in [1.29, 1.82) is 0 Å². The van der Waals surface area contributed by atoms with Gasteiger partial charge in [-0.25, -0.2) is 8.42 Å². The standard InChI is InChI=1S/C13H19ClO3S/c1-10(2)18(16,17)8-7-12(9-15)11-3-5-13(14)6-4-11/h3-6,10,12,15H,7-9H2,1-2H3. The van der Waals surface area contributed by atoms with Crippen LogP contribution in [0.15, 0.2) is 24.3 Å². The van der Waals surface area contributed by atoms with Crippen LogP contribution >= 0.6 is 11.6 Å². The van der Waals surface area contributed by atoms with Gasteiger partial charge in [0.05, 0.1) is 11.0 Å². The fourth-order valence-electron chi connectivity index (χ4n) is 1.64. The van der Waals surface area contributed by atoms with Crippen molar-refractivity contribution in [3.05, 3.63) is 34.9 Å². The SMILES string of the molecule is CC(C)S(=O)(=O)CCC(CO)c1ccc(Cl)cc1. The van der Waals surface area contributed by atoms with E-state index in [0.29, 0.717) is 11.4 Å². The second-order valence-corrected chi connectivity index (χ2v) is 7.75. The number of benzene rings is 1. The van der Waals surface area contributed by atoms with Gasteiger partial charge in [-0.05, 0) is 38.0 Å². The highest BCUT2D eigenvalue weighted by Crippen LogP contribution is 2.22. The highest BCUT2D eigenvalue weighted by molar-refractivity contribution is 7.91. The summed E-state index contributed by atoms with van der Waals surface area (Å²) in [6.45, 7) is 3.28. The second kappa shape index (κ2) is 6.55. The molecule has 0 bridgehead atoms. The first-order chi connectivity index (χ1) is 8.36. The van der Waals surface area contributed by atoms with Crippen LogP contribution in [0.5, 0.6) is 0 Å². The molecule has 1 unspecified atom stereocenters. The van der Waals surface area contributed by atoms with E-state index in [1.54, 1.807) is 26.0 Å². The Hall–Kier alpha value is -0.580. The maximum atomic E-state index is 11.7. The minimum absolute atomic E-state index is 0.0603. The Morgan fingerprint density at radius 2 is 1.78 bits per heavy atom. The third kappa shape index (κ3) is 4.26. The Bertz CT molecular complexity index is 466. The van der Waals surface area contributed by atoms with Gasteiger partial charge in [-0.2, -0.15) is 0 Å². The first kappa shape index (κ1) is 15.5. The second-order valence-electron chi connectivity index (χ2n) is 4.64. The van der Waals surface area contributed by atoms with E-state index in [4.69, 9.17) is 11.6 Å². The maximum Gasteiger partial charge on any atom is 0.152 e. The predicted molar refractivity (Wildman–Crippen MR) is 74.8 cm³/mol. The molecule has 0 heterocycles. The molecule has 0 spiro atoms. The molecular formula is C13H19ClO3S. The number of aliphatic hydroxyl groups is 1. The third-order valence-electron chi connectivity index (χ3n) is 3.03. The molecule has 0 aliphatic heterocycles. The molecule has 1 atom stereocenters. The Labute approximate surface area is 114 Å². The smallest absolute Gasteiger partial charge is 0.152 e. The number of hydrogen-bond donors (Lipinski definition) is 1. The molecule has 0 saturated carbocycles. The van der Waals surface area contributed by atoms with Gasteiger partial charge in [0.25, 0.3) is 0 Å². The Balaban J connectivity index is 2.72. The minimum Gasteiger partial charge on any atom is -0.396 e. The summed E-state index contributed by atoms with van der Waals surface area (Å²) in [5.74, 6) is -0.0609. The van der Waals surface area contributed by atoms with E-state index in [9.17, 15) is 13.5 Å². The number of sulfone groups is 1. The molecule has 5 heteroatoms. The van der Waals surface area contributed by atoms with Crippen LogP contribution in [0.2, 0.25) is 5.02 Å². The number of hydrogen-bond acceptors (Lipinski definition) is 3. The van der Waals surface area contributed by atoms with Crippen molar-refractivity contribution in [3.63, 3.8) is 0 Å². The lowest BCUT2D eigenvalue weighted by Crippen LogP contribution is -2.20. The van der Waals surface area contributed by atoms with Gasteiger partial charge in [0.2, 0.25) is 0 Å². The number of aliphatic hydroxyl groups excluding tert-OH is 1. The molecular weight excluding hydrogens is 272 g/mol. The summed E-state index contributed by atoms with van der Waals surface area (Å²) in [5.41, 5.74) is 0.917. The largest absolute Gasteiger partial charge is 0.396 e. The first-order valence-electron chi connectivity index (χ1n) is 5.94. The van der Waals surface area contributed by atoms with E-state index in [1.807, 2.05) is 12.1 Å². The van der Waals surface area contributed by atoms with Crippen molar-refractivity contribution in [3.8, 4) is 0 Å². The van der Waals surface area contributed by atoms with Gasteiger partial charge in [0.15, 0.2) is 9.84 Å². The first-order valence-corrected chi connectivity index (χ1v) is 8.04. The lowest BCUT2D eigenvalue weighted by Gasteiger charge is -2.15. The van der Waals surface area contributed by atoms with E-state index in [2.05, 4.69) is 0 Å². The monoisotopic (exact) mass is 290 g/mol. The van der Waals surface area contributed by atoms with E-state index in [1.165, 1.54) is 0 Å². The fraction of sp³-hybridized carbons (Fsp3) is 0.538. The molecule has 1 rings (SSSR count). The summed E-state index contributed by atoms with van der Waals surface area (Å²) in [6, 6.07) is 7.14.